The molecule has 168 valence electrons. The smallest absolute Gasteiger partial charge is 0.295 e. The summed E-state index contributed by atoms with van der Waals surface area (Å²) >= 11 is 0. The number of rotatable bonds is 6. The van der Waals surface area contributed by atoms with E-state index in [0.29, 0.717) is 12.1 Å². The molecular weight excluding hydrogens is 400 g/mol. The molecule has 1 fully saturated rings. The number of amides is 1. The molecule has 1 N–H and O–H groups in total. The van der Waals surface area contributed by atoms with E-state index in [1.54, 1.807) is 4.90 Å². The number of ketones is 1. The molecule has 1 aliphatic carbocycles. The second kappa shape index (κ2) is 9.19. The zero-order chi connectivity index (χ0) is 22.8. The fourth-order valence-corrected chi connectivity index (χ4v) is 4.78. The fraction of sp³-hybridized carbons (Fsp3) is 0.407. The first-order valence-electron chi connectivity index (χ1n) is 11.6. The first-order valence-corrected chi connectivity index (χ1v) is 11.6. The molecule has 0 saturated carbocycles. The van der Waals surface area contributed by atoms with Crippen LogP contribution in [0.2, 0.25) is 0 Å². The second-order valence-corrected chi connectivity index (χ2v) is 9.02. The molecule has 0 bridgehead atoms. The maximum Gasteiger partial charge on any atom is 0.295 e. The van der Waals surface area contributed by atoms with Crippen LogP contribution in [0.3, 0.4) is 0 Å². The Labute approximate surface area is 190 Å². The minimum Gasteiger partial charge on any atom is -0.507 e. The summed E-state index contributed by atoms with van der Waals surface area (Å²) in [5.74, 6) is -1.20. The quantitative estimate of drug-likeness (QED) is 0.403. The van der Waals surface area contributed by atoms with E-state index < -0.39 is 17.7 Å². The van der Waals surface area contributed by atoms with E-state index in [9.17, 15) is 14.7 Å². The number of carbonyl (C=O) groups excluding carboxylic acids is 2. The molecule has 2 aliphatic rings. The van der Waals surface area contributed by atoms with Crippen LogP contribution in [0.25, 0.3) is 5.76 Å². The number of carbonyl (C=O) groups is 2. The predicted molar refractivity (Wildman–Crippen MR) is 128 cm³/mol. The van der Waals surface area contributed by atoms with Gasteiger partial charge in [-0.2, -0.15) is 0 Å². The minimum atomic E-state index is -0.599. The van der Waals surface area contributed by atoms with Gasteiger partial charge in [-0.15, -0.1) is 0 Å². The third kappa shape index (κ3) is 4.04. The average molecular weight is 433 g/mol. The molecule has 0 aromatic heterocycles. The second-order valence-electron chi connectivity index (χ2n) is 9.02. The molecule has 4 rings (SSSR count). The van der Waals surface area contributed by atoms with E-state index in [-0.39, 0.29) is 11.3 Å². The van der Waals surface area contributed by atoms with Crippen LogP contribution in [0.15, 0.2) is 48.0 Å². The minimum absolute atomic E-state index is 0.0718. The van der Waals surface area contributed by atoms with E-state index in [1.165, 1.54) is 17.5 Å². The maximum atomic E-state index is 13.1. The Morgan fingerprint density at radius 3 is 2.38 bits per heavy atom. The van der Waals surface area contributed by atoms with Gasteiger partial charge in [0, 0.05) is 31.9 Å². The van der Waals surface area contributed by atoms with Gasteiger partial charge in [0.25, 0.3) is 11.7 Å². The third-order valence-electron chi connectivity index (χ3n) is 6.64. The Morgan fingerprint density at radius 1 is 1.03 bits per heavy atom. The highest BCUT2D eigenvalue weighted by Gasteiger charge is 2.45. The van der Waals surface area contributed by atoms with Crippen LogP contribution in [0.5, 0.6) is 0 Å². The molecule has 5 heteroatoms. The van der Waals surface area contributed by atoms with Crippen molar-refractivity contribution in [2.24, 2.45) is 0 Å². The molecule has 5 nitrogen and oxygen atoms in total. The largest absolute Gasteiger partial charge is 0.507 e. The van der Waals surface area contributed by atoms with Crippen molar-refractivity contribution in [3.8, 4) is 0 Å². The lowest BCUT2D eigenvalue weighted by molar-refractivity contribution is -0.139. The number of aryl methyl sites for hydroxylation is 2. The van der Waals surface area contributed by atoms with E-state index in [0.717, 1.165) is 43.4 Å². The van der Waals surface area contributed by atoms with E-state index in [2.05, 4.69) is 13.0 Å². The number of anilines is 1. The molecule has 2 aromatic carbocycles. The summed E-state index contributed by atoms with van der Waals surface area (Å²) in [5.41, 5.74) is 5.23. The van der Waals surface area contributed by atoms with Crippen molar-refractivity contribution in [2.75, 3.05) is 25.5 Å². The number of aliphatic hydroxyl groups excluding tert-OH is 1. The van der Waals surface area contributed by atoms with Gasteiger partial charge in [0.2, 0.25) is 0 Å². The summed E-state index contributed by atoms with van der Waals surface area (Å²) in [7, 11) is 3.94. The topological polar surface area (TPSA) is 60.9 Å². The summed E-state index contributed by atoms with van der Waals surface area (Å²) in [5, 5.41) is 11.3. The van der Waals surface area contributed by atoms with Crippen molar-refractivity contribution < 1.29 is 14.7 Å². The van der Waals surface area contributed by atoms with Gasteiger partial charge in [0.15, 0.2) is 0 Å². The Morgan fingerprint density at radius 2 is 1.72 bits per heavy atom. The summed E-state index contributed by atoms with van der Waals surface area (Å²) < 4.78 is 0. The highest BCUT2D eigenvalue weighted by Crippen LogP contribution is 2.40. The molecule has 1 unspecified atom stereocenters. The molecule has 0 radical (unpaired) electrons. The molecular formula is C27H32N2O3. The number of Topliss-reactive ketones (excluding diaryl/α,β-unsaturated/α-hetero) is 1. The molecule has 1 heterocycles. The summed E-state index contributed by atoms with van der Waals surface area (Å²) in [4.78, 5) is 29.7. The van der Waals surface area contributed by atoms with Crippen LogP contribution < -0.4 is 4.90 Å². The molecule has 1 atom stereocenters. The van der Waals surface area contributed by atoms with Gasteiger partial charge in [-0.05, 0) is 67.0 Å². The van der Waals surface area contributed by atoms with Crippen molar-refractivity contribution in [1.82, 2.24) is 4.90 Å². The lowest BCUT2D eigenvalue weighted by Gasteiger charge is -2.26. The normalized spacial score (nSPS) is 19.8. The standard InChI is InChI=1S/C27H32N2O3/c1-4-5-16-29-24(19-12-14-22(15-13-19)28(2)3)23(26(31)27(29)32)25(30)21-11-10-18-8-6-7-9-20(18)17-21/h10-15,17,24,30H,4-9,16H2,1-3H3/b25-23-. The Bertz CT molecular complexity index is 1050. The summed E-state index contributed by atoms with van der Waals surface area (Å²) in [6, 6.07) is 13.2. The van der Waals surface area contributed by atoms with E-state index in [4.69, 9.17) is 0 Å². The lowest BCUT2D eigenvalue weighted by Crippen LogP contribution is -2.30. The highest BCUT2D eigenvalue weighted by molar-refractivity contribution is 6.46. The Hall–Kier alpha value is -3.08. The summed E-state index contributed by atoms with van der Waals surface area (Å²) in [6.07, 6.45) is 6.08. The van der Waals surface area contributed by atoms with Gasteiger partial charge in [-0.1, -0.05) is 37.6 Å². The number of hydrogen-bond acceptors (Lipinski definition) is 4. The zero-order valence-corrected chi connectivity index (χ0v) is 19.2. The fourth-order valence-electron chi connectivity index (χ4n) is 4.78. The number of unbranched alkanes of at least 4 members (excludes halogenated alkanes) is 1. The number of likely N-dealkylation sites (tertiary alicyclic amines) is 1. The van der Waals surface area contributed by atoms with Gasteiger partial charge in [-0.3, -0.25) is 9.59 Å². The van der Waals surface area contributed by atoms with Crippen LogP contribution in [-0.4, -0.2) is 42.3 Å². The number of benzene rings is 2. The van der Waals surface area contributed by atoms with Crippen molar-refractivity contribution >= 4 is 23.1 Å². The monoisotopic (exact) mass is 432 g/mol. The predicted octanol–water partition coefficient (Wildman–Crippen LogP) is 4.85. The SMILES string of the molecule is CCCCN1C(=O)C(=O)/C(=C(\O)c2ccc3c(c2)CCCC3)C1c1ccc(N(C)C)cc1. The van der Waals surface area contributed by atoms with Gasteiger partial charge in [0.1, 0.15) is 5.76 Å². The van der Waals surface area contributed by atoms with Gasteiger partial charge in [0.05, 0.1) is 11.6 Å². The number of fused-ring (bicyclic) bond motifs is 1. The maximum absolute atomic E-state index is 13.1. The Balaban J connectivity index is 1.81. The molecule has 1 aliphatic heterocycles. The number of nitrogens with zero attached hydrogens (tertiary/aromatic N) is 2. The summed E-state index contributed by atoms with van der Waals surface area (Å²) in [6.45, 7) is 2.55. The van der Waals surface area contributed by atoms with Crippen LogP contribution >= 0.6 is 0 Å². The zero-order valence-electron chi connectivity index (χ0n) is 19.2. The molecule has 2 aromatic rings. The van der Waals surface area contributed by atoms with Gasteiger partial charge < -0.3 is 14.9 Å². The van der Waals surface area contributed by atoms with Crippen molar-refractivity contribution in [3.63, 3.8) is 0 Å². The van der Waals surface area contributed by atoms with Crippen LogP contribution in [-0.2, 0) is 22.4 Å². The third-order valence-corrected chi connectivity index (χ3v) is 6.64. The van der Waals surface area contributed by atoms with Crippen LogP contribution in [0, 0.1) is 0 Å². The first kappa shape index (κ1) is 22.1. The van der Waals surface area contributed by atoms with Crippen molar-refractivity contribution in [1.29, 1.82) is 0 Å². The van der Waals surface area contributed by atoms with Crippen molar-refractivity contribution in [3.05, 3.63) is 70.3 Å². The number of hydrogen-bond donors (Lipinski definition) is 1. The molecule has 32 heavy (non-hydrogen) atoms. The lowest BCUT2D eigenvalue weighted by atomic mass is 9.88. The van der Waals surface area contributed by atoms with Crippen molar-refractivity contribution in [2.45, 2.75) is 51.5 Å². The van der Waals surface area contributed by atoms with E-state index >= 15 is 0 Å². The molecule has 1 saturated heterocycles. The Kier molecular flexibility index (Phi) is 6.35. The highest BCUT2D eigenvalue weighted by atomic mass is 16.3. The molecule has 0 spiro atoms. The van der Waals surface area contributed by atoms with Crippen LogP contribution in [0.4, 0.5) is 5.69 Å². The first-order chi connectivity index (χ1) is 15.4. The van der Waals surface area contributed by atoms with Gasteiger partial charge >= 0.3 is 0 Å². The van der Waals surface area contributed by atoms with Crippen LogP contribution in [0.1, 0.15) is 60.9 Å². The number of aliphatic hydroxyl groups is 1. The van der Waals surface area contributed by atoms with E-state index in [1.807, 2.05) is 55.4 Å². The average Bonchev–Trinajstić information content (AvgIpc) is 3.06. The van der Waals surface area contributed by atoms with Gasteiger partial charge in [-0.25, -0.2) is 0 Å². The molecule has 1 amide bonds.